The zero-order chi connectivity index (χ0) is 20.3. The van der Waals surface area contributed by atoms with Gasteiger partial charge in [-0.05, 0) is 0 Å². The Kier molecular flexibility index (Phi) is 7.49. The van der Waals surface area contributed by atoms with E-state index in [1.165, 1.54) is 0 Å². The molecule has 0 aliphatic heterocycles. The van der Waals surface area contributed by atoms with Gasteiger partial charge in [-0.1, -0.05) is 0 Å². The van der Waals surface area contributed by atoms with Crippen molar-refractivity contribution in [2.75, 3.05) is 6.16 Å². The van der Waals surface area contributed by atoms with Crippen LogP contribution in [0.2, 0.25) is 0 Å². The normalized spacial score (nSPS) is 16.2. The van der Waals surface area contributed by atoms with Gasteiger partial charge in [-0.2, -0.15) is 0 Å². The molecule has 0 aliphatic carbocycles. The molecule has 26 heavy (non-hydrogen) atoms. The summed E-state index contributed by atoms with van der Waals surface area (Å²) in [4.78, 5) is 32.3. The molecule has 1 aromatic carbocycles. The fourth-order valence-corrected chi connectivity index (χ4v) is 6.51. The van der Waals surface area contributed by atoms with E-state index in [9.17, 15) is 14.7 Å². The first-order valence-corrected chi connectivity index (χ1v) is 12.3. The molecule has 1 aromatic rings. The van der Waals surface area contributed by atoms with Crippen LogP contribution in [0.15, 0.2) is 24.3 Å². The van der Waals surface area contributed by atoms with Gasteiger partial charge in [0, 0.05) is 0 Å². The topological polar surface area (TPSA) is 60.7 Å². The van der Waals surface area contributed by atoms with Gasteiger partial charge in [-0.25, -0.2) is 0 Å². The summed E-state index contributed by atoms with van der Waals surface area (Å²) in [5.74, 6) is 0.129. The van der Waals surface area contributed by atoms with Crippen molar-refractivity contribution in [3.63, 3.8) is 0 Å². The van der Waals surface area contributed by atoms with Crippen LogP contribution in [0.5, 0.6) is 0 Å². The van der Waals surface area contributed by atoms with Crippen molar-refractivity contribution in [3.8, 4) is 0 Å². The standard InChI is InChI=1S/C22H41O3P/c1-8-10-11-18(9-2)16-26(23,24,25)20-14-12-19(13-15-20)22(6,7)17-21(3,4)5/h12-15,18,23-25H,8-11,16-17H2,1-7H3. The summed E-state index contributed by atoms with van der Waals surface area (Å²) in [7, 11) is -4.83. The molecule has 0 bridgehead atoms. The molecule has 0 heterocycles. The third kappa shape index (κ3) is 6.93. The Morgan fingerprint density at radius 1 is 0.923 bits per heavy atom. The van der Waals surface area contributed by atoms with Crippen LogP contribution in [0.4, 0.5) is 0 Å². The van der Waals surface area contributed by atoms with E-state index in [4.69, 9.17) is 0 Å². The van der Waals surface area contributed by atoms with Crippen LogP contribution in [-0.4, -0.2) is 20.8 Å². The Balaban J connectivity index is 3.04. The van der Waals surface area contributed by atoms with Gasteiger partial charge < -0.3 is 0 Å². The third-order valence-electron chi connectivity index (χ3n) is 5.29. The van der Waals surface area contributed by atoms with Crippen LogP contribution in [0.25, 0.3) is 0 Å². The molecule has 1 unspecified atom stereocenters. The molecule has 3 nitrogen and oxygen atoms in total. The van der Waals surface area contributed by atoms with E-state index in [2.05, 4.69) is 41.5 Å². The van der Waals surface area contributed by atoms with Crippen molar-refractivity contribution in [2.24, 2.45) is 11.3 Å². The van der Waals surface area contributed by atoms with Gasteiger partial charge in [0.25, 0.3) is 0 Å². The number of hydrogen-bond donors (Lipinski definition) is 3. The molecule has 0 aromatic heterocycles. The Hall–Kier alpha value is -0.470. The second-order valence-electron chi connectivity index (χ2n) is 9.92. The summed E-state index contributed by atoms with van der Waals surface area (Å²) in [6.45, 7) is 15.3. The van der Waals surface area contributed by atoms with Gasteiger partial charge in [0.05, 0.1) is 0 Å². The van der Waals surface area contributed by atoms with Gasteiger partial charge in [-0.15, -0.1) is 0 Å². The molecule has 1 atom stereocenters. The van der Waals surface area contributed by atoms with Crippen LogP contribution in [0.3, 0.4) is 0 Å². The molecular formula is C22H41O3P. The van der Waals surface area contributed by atoms with Crippen LogP contribution >= 0.6 is 7.28 Å². The van der Waals surface area contributed by atoms with E-state index in [-0.39, 0.29) is 28.2 Å². The Morgan fingerprint density at radius 2 is 1.46 bits per heavy atom. The summed E-state index contributed by atoms with van der Waals surface area (Å²) < 4.78 is 0. The summed E-state index contributed by atoms with van der Waals surface area (Å²) >= 11 is 0. The van der Waals surface area contributed by atoms with Crippen molar-refractivity contribution in [1.82, 2.24) is 0 Å². The predicted octanol–water partition coefficient (Wildman–Crippen LogP) is 5.52. The first-order chi connectivity index (χ1) is 11.7. The maximum absolute atomic E-state index is 10.8. The molecule has 0 aliphatic rings. The average molecular weight is 385 g/mol. The fraction of sp³-hybridized carbons (Fsp3) is 0.727. The second kappa shape index (κ2) is 8.27. The van der Waals surface area contributed by atoms with Crippen LogP contribution < -0.4 is 5.30 Å². The van der Waals surface area contributed by atoms with E-state index >= 15 is 0 Å². The molecule has 0 spiro atoms. The van der Waals surface area contributed by atoms with Gasteiger partial charge >= 0.3 is 161 Å². The summed E-state index contributed by atoms with van der Waals surface area (Å²) in [6.07, 6.45) is 4.97. The molecule has 0 saturated heterocycles. The van der Waals surface area contributed by atoms with Crippen LogP contribution in [0.1, 0.15) is 86.1 Å². The van der Waals surface area contributed by atoms with Gasteiger partial charge in [-0.3, -0.25) is 0 Å². The van der Waals surface area contributed by atoms with Gasteiger partial charge in [0.1, 0.15) is 0 Å². The summed E-state index contributed by atoms with van der Waals surface area (Å²) in [5, 5.41) is 0.279. The van der Waals surface area contributed by atoms with Crippen LogP contribution in [0, 0.1) is 11.3 Å². The van der Waals surface area contributed by atoms with Crippen molar-refractivity contribution in [3.05, 3.63) is 29.8 Å². The molecule has 0 amide bonds. The maximum atomic E-state index is 10.8. The van der Waals surface area contributed by atoms with E-state index in [1.807, 2.05) is 19.1 Å². The number of unbranched alkanes of at least 4 members (excludes halogenated alkanes) is 1. The van der Waals surface area contributed by atoms with Crippen molar-refractivity contribution < 1.29 is 14.7 Å². The average Bonchev–Trinajstić information content (AvgIpc) is 2.49. The van der Waals surface area contributed by atoms with E-state index in [0.717, 1.165) is 37.7 Å². The van der Waals surface area contributed by atoms with Crippen molar-refractivity contribution in [2.45, 2.75) is 86.0 Å². The molecular weight excluding hydrogens is 343 g/mol. The van der Waals surface area contributed by atoms with Crippen molar-refractivity contribution in [1.29, 1.82) is 0 Å². The monoisotopic (exact) mass is 384 g/mol. The number of hydrogen-bond acceptors (Lipinski definition) is 3. The Labute approximate surface area is 161 Å². The molecule has 0 saturated carbocycles. The van der Waals surface area contributed by atoms with Gasteiger partial charge in [0.2, 0.25) is 0 Å². The summed E-state index contributed by atoms with van der Waals surface area (Å²) in [5.41, 5.74) is 1.35. The van der Waals surface area contributed by atoms with Crippen LogP contribution in [-0.2, 0) is 5.41 Å². The predicted molar refractivity (Wildman–Crippen MR) is 115 cm³/mol. The molecule has 3 N–H and O–H groups in total. The summed E-state index contributed by atoms with van der Waals surface area (Å²) in [6, 6.07) is 7.31. The minimum absolute atomic E-state index is 0.0132. The molecule has 4 heteroatoms. The zero-order valence-corrected chi connectivity index (χ0v) is 18.8. The SMILES string of the molecule is CCCCC(CC)CP(O)(O)(O)c1ccc(C(C)(C)CC(C)(C)C)cc1. The van der Waals surface area contributed by atoms with E-state index in [1.54, 1.807) is 12.1 Å². The van der Waals surface area contributed by atoms with Crippen molar-refractivity contribution >= 4 is 12.6 Å². The Bertz CT molecular complexity index is 562. The van der Waals surface area contributed by atoms with E-state index < -0.39 is 7.28 Å². The molecule has 1 rings (SSSR count). The molecule has 152 valence electrons. The number of benzene rings is 1. The molecule has 0 fully saturated rings. The number of rotatable bonds is 9. The van der Waals surface area contributed by atoms with Gasteiger partial charge in [0.15, 0.2) is 0 Å². The zero-order valence-electron chi connectivity index (χ0n) is 17.9. The minimum atomic E-state index is -4.83. The van der Waals surface area contributed by atoms with E-state index in [0.29, 0.717) is 0 Å². The Morgan fingerprint density at radius 3 is 1.88 bits per heavy atom. The fourth-order valence-electron chi connectivity index (χ4n) is 4.14. The quantitative estimate of drug-likeness (QED) is 0.492. The first-order valence-electron chi connectivity index (χ1n) is 10.1. The third-order valence-corrected chi connectivity index (χ3v) is 7.83. The molecule has 0 radical (unpaired) electrons. The first kappa shape index (κ1) is 23.6. The second-order valence-corrected chi connectivity index (χ2v) is 13.1.